The third-order valence-electron chi connectivity index (χ3n) is 9.06. The maximum absolute atomic E-state index is 12.0. The Hall–Kier alpha value is -1.10. The Labute approximate surface area is 161 Å². The Morgan fingerprint density at radius 3 is 2.67 bits per heavy atom. The van der Waals surface area contributed by atoms with Crippen molar-refractivity contribution < 1.29 is 23.8 Å². The summed E-state index contributed by atoms with van der Waals surface area (Å²) >= 11 is 0. The van der Waals surface area contributed by atoms with Gasteiger partial charge in [-0.1, -0.05) is 27.2 Å². The van der Waals surface area contributed by atoms with E-state index >= 15 is 0 Å². The smallest absolute Gasteiger partial charge is 0.308 e. The van der Waals surface area contributed by atoms with Crippen LogP contribution in [0.2, 0.25) is 0 Å². The molecular weight excluding hydrogens is 344 g/mol. The molecular formula is C22H32O5. The first-order valence-corrected chi connectivity index (χ1v) is 10.7. The summed E-state index contributed by atoms with van der Waals surface area (Å²) in [6.07, 6.45) is 6.73. The number of fused-ring (bicyclic) bond motifs is 6. The van der Waals surface area contributed by atoms with Crippen molar-refractivity contribution in [2.45, 2.75) is 85.2 Å². The Kier molecular flexibility index (Phi) is 3.65. The first-order chi connectivity index (χ1) is 12.7. The quantitative estimate of drug-likeness (QED) is 0.681. The van der Waals surface area contributed by atoms with E-state index in [0.29, 0.717) is 23.2 Å². The molecule has 0 radical (unpaired) electrons. The summed E-state index contributed by atoms with van der Waals surface area (Å²) in [6, 6.07) is 0. The van der Waals surface area contributed by atoms with Gasteiger partial charge in [0, 0.05) is 18.8 Å². The van der Waals surface area contributed by atoms with E-state index in [0.717, 1.165) is 5.92 Å². The fraction of sp³-hybridized carbons (Fsp3) is 0.909. The summed E-state index contributed by atoms with van der Waals surface area (Å²) in [7, 11) is 0. The van der Waals surface area contributed by atoms with E-state index in [1.54, 1.807) is 0 Å². The summed E-state index contributed by atoms with van der Waals surface area (Å²) in [4.78, 5) is 23.6. The molecule has 2 saturated heterocycles. The van der Waals surface area contributed by atoms with Crippen LogP contribution in [0, 0.1) is 39.9 Å². The van der Waals surface area contributed by atoms with Crippen LogP contribution in [0.25, 0.3) is 0 Å². The van der Waals surface area contributed by atoms with E-state index in [9.17, 15) is 9.59 Å². The molecule has 0 amide bonds. The molecule has 27 heavy (non-hydrogen) atoms. The van der Waals surface area contributed by atoms with Crippen LogP contribution in [0.3, 0.4) is 0 Å². The number of hydrogen-bond acceptors (Lipinski definition) is 5. The van der Waals surface area contributed by atoms with Crippen LogP contribution in [0.1, 0.15) is 72.6 Å². The van der Waals surface area contributed by atoms with Crippen molar-refractivity contribution >= 4 is 11.9 Å². The zero-order valence-corrected chi connectivity index (χ0v) is 17.0. The van der Waals surface area contributed by atoms with Crippen molar-refractivity contribution in [3.8, 4) is 0 Å². The summed E-state index contributed by atoms with van der Waals surface area (Å²) < 4.78 is 17.0. The molecule has 0 aromatic heterocycles. The Morgan fingerprint density at radius 1 is 1.15 bits per heavy atom. The number of carbonyl (C=O) groups is 2. The maximum Gasteiger partial charge on any atom is 0.308 e. The Morgan fingerprint density at radius 2 is 1.93 bits per heavy atom. The van der Waals surface area contributed by atoms with Gasteiger partial charge in [0.25, 0.3) is 0 Å². The molecule has 5 aliphatic rings. The number of hydrogen-bond donors (Lipinski definition) is 0. The van der Waals surface area contributed by atoms with Crippen molar-refractivity contribution in [3.63, 3.8) is 0 Å². The monoisotopic (exact) mass is 376 g/mol. The minimum absolute atomic E-state index is 0.0538. The van der Waals surface area contributed by atoms with Crippen molar-refractivity contribution in [3.05, 3.63) is 0 Å². The summed E-state index contributed by atoms with van der Waals surface area (Å²) in [5.74, 6) is 0.994. The molecule has 5 fully saturated rings. The van der Waals surface area contributed by atoms with E-state index < -0.39 is 12.6 Å². The lowest BCUT2D eigenvalue weighted by Crippen LogP contribution is -2.50. The highest BCUT2D eigenvalue weighted by Gasteiger charge is 2.75. The molecule has 2 aliphatic heterocycles. The fourth-order valence-electron chi connectivity index (χ4n) is 8.10. The average molecular weight is 376 g/mol. The molecule has 0 aromatic carbocycles. The lowest BCUT2D eigenvalue weighted by molar-refractivity contribution is -0.212. The first-order valence-electron chi connectivity index (χ1n) is 10.7. The molecule has 5 rings (SSSR count). The fourth-order valence-corrected chi connectivity index (χ4v) is 8.10. The van der Waals surface area contributed by atoms with Crippen LogP contribution < -0.4 is 0 Å². The molecule has 5 nitrogen and oxygen atoms in total. The van der Waals surface area contributed by atoms with E-state index in [-0.39, 0.29) is 29.2 Å². The van der Waals surface area contributed by atoms with Gasteiger partial charge in [0.2, 0.25) is 12.6 Å². The van der Waals surface area contributed by atoms with E-state index in [1.807, 2.05) is 0 Å². The van der Waals surface area contributed by atoms with Crippen molar-refractivity contribution in [1.29, 1.82) is 0 Å². The summed E-state index contributed by atoms with van der Waals surface area (Å²) in [6.45, 7) is 8.83. The zero-order chi connectivity index (χ0) is 19.2. The number of ether oxygens (including phenoxy) is 3. The highest BCUT2D eigenvalue weighted by Crippen LogP contribution is 2.79. The normalized spacial score (nSPS) is 52.4. The van der Waals surface area contributed by atoms with Gasteiger partial charge >= 0.3 is 11.9 Å². The predicted octanol–water partition coefficient (Wildman–Crippen LogP) is 4.04. The molecule has 0 aromatic rings. The molecule has 3 saturated carbocycles. The highest BCUT2D eigenvalue weighted by atomic mass is 16.8. The van der Waals surface area contributed by atoms with Crippen LogP contribution in [-0.2, 0) is 23.8 Å². The molecule has 2 heterocycles. The van der Waals surface area contributed by atoms with E-state index in [4.69, 9.17) is 14.2 Å². The van der Waals surface area contributed by atoms with Gasteiger partial charge in [0.05, 0.1) is 6.42 Å². The Bertz CT molecular complexity index is 686. The van der Waals surface area contributed by atoms with E-state index in [2.05, 4.69) is 20.8 Å². The van der Waals surface area contributed by atoms with Crippen LogP contribution in [0.5, 0.6) is 0 Å². The third kappa shape index (κ3) is 2.39. The lowest BCUT2D eigenvalue weighted by atomic mass is 9.49. The molecule has 150 valence electrons. The largest absolute Gasteiger partial charge is 0.435 e. The Balaban J connectivity index is 1.45. The standard InChI is InChI=1S/C22H32O5/c1-12(23)25-18-13-10-16(24)26-19(27-18)17(13)22-9-6-14-20(2,3)7-5-8-21(14,4)15(22)11-22/h13-15,17-19H,5-11H2,1-4H3/t13-,14+,15-,17+,18-,19-,21+,22+/m1/s1. The molecule has 0 spiro atoms. The summed E-state index contributed by atoms with van der Waals surface area (Å²) in [5.41, 5.74) is 0.984. The molecule has 3 aliphatic carbocycles. The van der Waals surface area contributed by atoms with Crippen molar-refractivity contribution in [2.75, 3.05) is 0 Å². The number of carbonyl (C=O) groups excluding carboxylic acids is 2. The van der Waals surface area contributed by atoms with Gasteiger partial charge in [-0.05, 0) is 60.2 Å². The predicted molar refractivity (Wildman–Crippen MR) is 97.1 cm³/mol. The zero-order valence-electron chi connectivity index (χ0n) is 17.0. The van der Waals surface area contributed by atoms with Gasteiger partial charge < -0.3 is 14.2 Å². The minimum Gasteiger partial charge on any atom is -0.435 e. The highest BCUT2D eigenvalue weighted by molar-refractivity contribution is 5.71. The second kappa shape index (κ2) is 5.49. The van der Waals surface area contributed by atoms with Gasteiger partial charge in [-0.25, -0.2) is 0 Å². The van der Waals surface area contributed by atoms with Gasteiger partial charge in [0.1, 0.15) is 0 Å². The molecule has 0 unspecified atom stereocenters. The third-order valence-corrected chi connectivity index (χ3v) is 9.06. The van der Waals surface area contributed by atoms with Crippen LogP contribution in [-0.4, -0.2) is 24.5 Å². The van der Waals surface area contributed by atoms with E-state index in [1.165, 1.54) is 45.4 Å². The number of rotatable bonds is 2. The van der Waals surface area contributed by atoms with Crippen molar-refractivity contribution in [1.82, 2.24) is 0 Å². The second-order valence-corrected chi connectivity index (χ2v) is 10.8. The van der Waals surface area contributed by atoms with Gasteiger partial charge in [0.15, 0.2) is 0 Å². The molecule has 2 bridgehead atoms. The van der Waals surface area contributed by atoms with Crippen molar-refractivity contribution in [2.24, 2.45) is 39.9 Å². The summed E-state index contributed by atoms with van der Waals surface area (Å²) in [5, 5.41) is 0. The SMILES string of the molecule is CC(=O)O[C@@H]1O[C@H]2OC(=O)C[C@@H]1[C@@H]2[C@]12CC[C@H]3C(C)(C)CCC[C@]3(C)[C@H]1C2. The van der Waals surface area contributed by atoms with Crippen LogP contribution in [0.15, 0.2) is 0 Å². The maximum atomic E-state index is 12.0. The van der Waals surface area contributed by atoms with Gasteiger partial charge in [-0.15, -0.1) is 0 Å². The van der Waals surface area contributed by atoms with Crippen LogP contribution >= 0.6 is 0 Å². The first kappa shape index (κ1) is 18.0. The lowest BCUT2D eigenvalue weighted by Gasteiger charge is -2.56. The number of esters is 2. The topological polar surface area (TPSA) is 61.8 Å². The average Bonchev–Trinajstić information content (AvgIpc) is 3.24. The molecule has 5 heteroatoms. The second-order valence-electron chi connectivity index (χ2n) is 10.8. The molecule has 8 atom stereocenters. The molecule has 0 N–H and O–H groups in total. The van der Waals surface area contributed by atoms with Gasteiger partial charge in [-0.3, -0.25) is 9.59 Å². The van der Waals surface area contributed by atoms with Crippen LogP contribution in [0.4, 0.5) is 0 Å². The van der Waals surface area contributed by atoms with Gasteiger partial charge in [-0.2, -0.15) is 0 Å². The minimum atomic E-state index is -0.632.